The van der Waals surface area contributed by atoms with Crippen LogP contribution in [0.15, 0.2) is 42.5 Å². The van der Waals surface area contributed by atoms with Crippen LogP contribution in [-0.4, -0.2) is 60.1 Å². The van der Waals surface area contributed by atoms with Crippen molar-refractivity contribution in [3.8, 4) is 0 Å². The number of imide groups is 1. The third kappa shape index (κ3) is 7.04. The summed E-state index contributed by atoms with van der Waals surface area (Å²) in [5, 5.41) is 9.70. The van der Waals surface area contributed by atoms with Crippen LogP contribution in [0.1, 0.15) is 49.3 Å². The highest BCUT2D eigenvalue weighted by Gasteiger charge is 2.57. The first-order chi connectivity index (χ1) is 20.2. The van der Waals surface area contributed by atoms with Crippen molar-refractivity contribution in [3.05, 3.63) is 65.0 Å². The smallest absolute Gasteiger partial charge is 0.415 e. The van der Waals surface area contributed by atoms with Crippen LogP contribution in [0.25, 0.3) is 0 Å². The van der Waals surface area contributed by atoms with Crippen LogP contribution in [-0.2, 0) is 31.3 Å². The number of carbonyl (C=O) groups is 5. The van der Waals surface area contributed by atoms with Crippen LogP contribution in [0.3, 0.4) is 0 Å². The molecule has 11 nitrogen and oxygen atoms in total. The Hall–Kier alpha value is -4.69. The van der Waals surface area contributed by atoms with E-state index < -0.39 is 66.5 Å². The topological polar surface area (TPSA) is 146 Å². The number of halogens is 4. The molecule has 2 aromatic carbocycles. The number of carbonyl (C=O) groups excluding carboxylic acids is 5. The van der Waals surface area contributed by atoms with Gasteiger partial charge in [-0.25, -0.2) is 14.0 Å². The Kier molecular flexibility index (Phi) is 8.92. The fraction of sp³-hybridized carbons (Fsp3) is 0.393. The summed E-state index contributed by atoms with van der Waals surface area (Å²) in [5.74, 6) is -3.42. The molecule has 1 aliphatic heterocycles. The molecule has 3 atom stereocenters. The number of urea groups is 1. The molecule has 43 heavy (non-hydrogen) atoms. The summed E-state index contributed by atoms with van der Waals surface area (Å²) in [4.78, 5) is 62.3. The van der Waals surface area contributed by atoms with Crippen LogP contribution in [0, 0.1) is 5.82 Å². The van der Waals surface area contributed by atoms with Gasteiger partial charge in [-0.2, -0.15) is 13.2 Å². The van der Waals surface area contributed by atoms with Gasteiger partial charge in [-0.3, -0.25) is 19.7 Å². The highest BCUT2D eigenvalue weighted by molar-refractivity contribution is 6.04. The molecule has 1 fully saturated rings. The van der Waals surface area contributed by atoms with E-state index in [-0.39, 0.29) is 42.2 Å². The molecule has 15 heteroatoms. The molecule has 230 valence electrons. The Balaban J connectivity index is 1.60. The van der Waals surface area contributed by atoms with Crippen molar-refractivity contribution in [2.75, 3.05) is 18.4 Å². The predicted molar refractivity (Wildman–Crippen MR) is 143 cm³/mol. The molecule has 1 heterocycles. The normalized spacial score (nSPS) is 19.7. The van der Waals surface area contributed by atoms with Gasteiger partial charge in [0.2, 0.25) is 17.4 Å². The van der Waals surface area contributed by atoms with Gasteiger partial charge in [0.25, 0.3) is 5.91 Å². The first kappa shape index (κ1) is 31.3. The molecule has 2 aromatic rings. The van der Waals surface area contributed by atoms with E-state index in [0.717, 1.165) is 19.1 Å². The van der Waals surface area contributed by atoms with Crippen LogP contribution >= 0.6 is 0 Å². The second kappa shape index (κ2) is 12.3. The Morgan fingerprint density at radius 1 is 1.09 bits per heavy atom. The van der Waals surface area contributed by atoms with Crippen LogP contribution in [0.4, 0.5) is 32.8 Å². The van der Waals surface area contributed by atoms with E-state index >= 15 is 0 Å². The van der Waals surface area contributed by atoms with E-state index in [9.17, 15) is 41.5 Å². The molecular formula is C28H29F4N5O6. The van der Waals surface area contributed by atoms with Gasteiger partial charge in [0.05, 0.1) is 0 Å². The molecule has 0 bridgehead atoms. The van der Waals surface area contributed by atoms with E-state index in [0.29, 0.717) is 10.5 Å². The number of amides is 6. The summed E-state index contributed by atoms with van der Waals surface area (Å²) in [6.07, 6.45) is -6.49. The number of benzene rings is 2. The van der Waals surface area contributed by atoms with Crippen molar-refractivity contribution in [1.82, 2.24) is 20.9 Å². The third-order valence-corrected chi connectivity index (χ3v) is 7.30. The summed E-state index contributed by atoms with van der Waals surface area (Å²) in [7, 11) is 0. The van der Waals surface area contributed by atoms with E-state index in [1.54, 1.807) is 0 Å². The van der Waals surface area contributed by atoms with Crippen molar-refractivity contribution in [2.45, 2.75) is 57.0 Å². The highest BCUT2D eigenvalue weighted by Crippen LogP contribution is 2.51. The minimum atomic E-state index is -4.77. The summed E-state index contributed by atoms with van der Waals surface area (Å²) in [6.45, 7) is 2.01. The number of rotatable bonds is 9. The van der Waals surface area contributed by atoms with Gasteiger partial charge in [0.1, 0.15) is 11.9 Å². The van der Waals surface area contributed by atoms with Crippen LogP contribution in [0.5, 0.6) is 0 Å². The molecule has 2 aliphatic rings. The number of alkyl halides is 3. The molecule has 4 rings (SSSR count). The van der Waals surface area contributed by atoms with E-state index in [1.807, 2.05) is 0 Å². The standard InChI is InChI=1S/C28H29F4N5O6/c1-15(28(30,31)32)37(14-17-3-5-19(29)6-4-17)23(39)11-18-13-27(24(40)36-26(42)43-27)22-8-7-20(12-21(18)22)35-25(41)34-10-9-33-16(2)38/h3-8,12,15,18H,9-11,13-14H2,1-2H3,(H,33,38)(H2,34,35,41)(H,36,40,42)/t15-,18?,27+/m0/s1. The van der Waals surface area contributed by atoms with Crippen molar-refractivity contribution < 1.29 is 46.3 Å². The number of anilines is 1. The summed E-state index contributed by atoms with van der Waals surface area (Å²) in [6, 6.07) is 6.24. The van der Waals surface area contributed by atoms with E-state index in [4.69, 9.17) is 4.74 Å². The molecule has 1 unspecified atom stereocenters. The largest absolute Gasteiger partial charge is 0.427 e. The first-order valence-electron chi connectivity index (χ1n) is 13.3. The third-order valence-electron chi connectivity index (χ3n) is 7.30. The summed E-state index contributed by atoms with van der Waals surface area (Å²) < 4.78 is 60.2. The predicted octanol–water partition coefficient (Wildman–Crippen LogP) is 3.40. The number of fused-ring (bicyclic) bond motifs is 2. The Labute approximate surface area is 243 Å². The monoisotopic (exact) mass is 607 g/mol. The average molecular weight is 608 g/mol. The first-order valence-corrected chi connectivity index (χ1v) is 13.3. The van der Waals surface area contributed by atoms with E-state index in [2.05, 4.69) is 21.3 Å². The van der Waals surface area contributed by atoms with Crippen molar-refractivity contribution in [3.63, 3.8) is 0 Å². The maximum absolute atomic E-state index is 13.8. The van der Waals surface area contributed by atoms with Gasteiger partial charge in [-0.1, -0.05) is 18.2 Å². The lowest BCUT2D eigenvalue weighted by molar-refractivity contribution is -0.187. The average Bonchev–Trinajstić information content (AvgIpc) is 3.38. The van der Waals surface area contributed by atoms with Crippen molar-refractivity contribution in [2.24, 2.45) is 0 Å². The zero-order valence-corrected chi connectivity index (χ0v) is 23.1. The molecule has 0 saturated carbocycles. The molecule has 1 aliphatic carbocycles. The number of hydrogen-bond acceptors (Lipinski definition) is 6. The number of nitrogens with zero attached hydrogens (tertiary/aromatic N) is 1. The van der Waals surface area contributed by atoms with Crippen molar-refractivity contribution >= 4 is 35.5 Å². The summed E-state index contributed by atoms with van der Waals surface area (Å²) >= 11 is 0. The quantitative estimate of drug-likeness (QED) is 0.254. The molecule has 0 radical (unpaired) electrons. The van der Waals surface area contributed by atoms with E-state index in [1.165, 1.54) is 37.3 Å². The van der Waals surface area contributed by atoms with Crippen LogP contribution in [0.2, 0.25) is 0 Å². The molecule has 1 spiro atoms. The number of hydrogen-bond donors (Lipinski definition) is 4. The molecular weight excluding hydrogens is 578 g/mol. The number of nitrogens with one attached hydrogen (secondary N) is 4. The fourth-order valence-electron chi connectivity index (χ4n) is 5.15. The minimum Gasteiger partial charge on any atom is -0.427 e. The molecule has 0 aromatic heterocycles. The zero-order valence-electron chi connectivity index (χ0n) is 23.1. The van der Waals surface area contributed by atoms with Gasteiger partial charge in [0.15, 0.2) is 0 Å². The maximum atomic E-state index is 13.8. The maximum Gasteiger partial charge on any atom is 0.415 e. The molecule has 4 N–H and O–H groups in total. The lowest BCUT2D eigenvalue weighted by Gasteiger charge is -2.32. The Morgan fingerprint density at radius 2 is 1.77 bits per heavy atom. The lowest BCUT2D eigenvalue weighted by atomic mass is 9.94. The zero-order chi connectivity index (χ0) is 31.5. The second-order valence-corrected chi connectivity index (χ2v) is 10.3. The van der Waals surface area contributed by atoms with Gasteiger partial charge in [0, 0.05) is 50.7 Å². The van der Waals surface area contributed by atoms with Gasteiger partial charge < -0.3 is 25.6 Å². The number of ether oxygens (including phenoxy) is 1. The Morgan fingerprint density at radius 3 is 2.37 bits per heavy atom. The number of alkyl carbamates (subject to hydrolysis) is 1. The molecule has 1 saturated heterocycles. The molecule has 6 amide bonds. The lowest BCUT2D eigenvalue weighted by Crippen LogP contribution is -2.46. The van der Waals surface area contributed by atoms with Gasteiger partial charge in [-0.05, 0) is 48.2 Å². The SMILES string of the molecule is CC(=O)NCCNC(=O)Nc1ccc2c(c1)C(CC(=O)N(Cc1ccc(F)cc1)[C@@H](C)C(F)(F)F)C[C@@]21OC(=O)NC1=O. The summed E-state index contributed by atoms with van der Waals surface area (Å²) in [5.41, 5.74) is -0.723. The highest BCUT2D eigenvalue weighted by atomic mass is 19.4. The van der Waals surface area contributed by atoms with Crippen LogP contribution < -0.4 is 21.3 Å². The van der Waals surface area contributed by atoms with Gasteiger partial charge >= 0.3 is 18.3 Å². The second-order valence-electron chi connectivity index (χ2n) is 10.3. The minimum absolute atomic E-state index is 0.119. The van der Waals surface area contributed by atoms with Gasteiger partial charge in [-0.15, -0.1) is 0 Å². The van der Waals surface area contributed by atoms with Crippen molar-refractivity contribution in [1.29, 1.82) is 0 Å². The Bertz CT molecular complexity index is 1430. The fourth-order valence-corrected chi connectivity index (χ4v) is 5.15.